The van der Waals surface area contributed by atoms with Crippen LogP contribution in [-0.2, 0) is 24.2 Å². The van der Waals surface area contributed by atoms with Crippen molar-refractivity contribution >= 4 is 29.2 Å². The Balaban J connectivity index is 0.000001000. The van der Waals surface area contributed by atoms with Crippen molar-refractivity contribution in [3.05, 3.63) is 0 Å². The first-order valence-corrected chi connectivity index (χ1v) is 4.54. The summed E-state index contributed by atoms with van der Waals surface area (Å²) in [6.07, 6.45) is 6.57. The number of rotatable bonds is 1. The average Bonchev–Trinajstić information content (AvgIpc) is 1.88. The molecule has 0 amide bonds. The van der Waals surface area contributed by atoms with E-state index in [1.165, 1.54) is 19.3 Å². The van der Waals surface area contributed by atoms with E-state index in [1.807, 2.05) is 0 Å². The number of ether oxygens (including phenoxy) is 1. The fourth-order valence-electron chi connectivity index (χ4n) is 1.33. The van der Waals surface area contributed by atoms with Gasteiger partial charge in [0.15, 0.2) is 0 Å². The molecule has 0 radical (unpaired) electrons. The number of hydrogen-bond acceptors (Lipinski definition) is 2. The van der Waals surface area contributed by atoms with Crippen LogP contribution in [0.15, 0.2) is 0 Å². The minimum atomic E-state index is 0. The molecule has 1 aliphatic carbocycles. The summed E-state index contributed by atoms with van der Waals surface area (Å²) in [6.45, 7) is 0. The topological polar surface area (TPSA) is 9.23 Å². The van der Waals surface area contributed by atoms with Crippen LogP contribution in [0.3, 0.4) is 0 Å². The molecule has 0 aromatic rings. The van der Waals surface area contributed by atoms with Crippen LogP contribution < -0.4 is 0 Å². The normalized spacial score (nSPS) is 18.6. The maximum absolute atomic E-state index is 5.29. The third-order valence-corrected chi connectivity index (χ3v) is 2.02. The third-order valence-electron chi connectivity index (χ3n) is 1.82. The van der Waals surface area contributed by atoms with Crippen molar-refractivity contribution in [2.45, 2.75) is 38.2 Å². The van der Waals surface area contributed by atoms with Gasteiger partial charge < -0.3 is 4.74 Å². The zero-order chi connectivity index (χ0) is 7.40. The molecule has 4 heteroatoms. The quantitative estimate of drug-likeness (QED) is 0.429. The summed E-state index contributed by atoms with van der Waals surface area (Å²) < 4.78 is 5.68. The zero-order valence-corrected chi connectivity index (χ0v) is 11.3. The summed E-state index contributed by atoms with van der Waals surface area (Å²) in [7, 11) is 0. The van der Waals surface area contributed by atoms with Gasteiger partial charge in [0.2, 0.25) is 4.38 Å². The van der Waals surface area contributed by atoms with Gasteiger partial charge in [-0.05, 0) is 37.9 Å². The van der Waals surface area contributed by atoms with E-state index in [0.717, 1.165) is 12.8 Å². The number of thiol groups is 1. The Bertz CT molecular complexity index is 124. The molecule has 0 heterocycles. The molecule has 0 unspecified atom stereocenters. The van der Waals surface area contributed by atoms with Crippen LogP contribution in [0.25, 0.3) is 0 Å². The van der Waals surface area contributed by atoms with Crippen LogP contribution in [0.5, 0.6) is 0 Å². The first-order chi connectivity index (χ1) is 4.79. The molecule has 0 aromatic carbocycles. The molecule has 1 fully saturated rings. The van der Waals surface area contributed by atoms with E-state index < -0.39 is 0 Å². The molecule has 0 bridgehead atoms. The molecular weight excluding hydrogens is 230 g/mol. The van der Waals surface area contributed by atoms with Crippen molar-refractivity contribution in [1.29, 1.82) is 0 Å². The Morgan fingerprint density at radius 1 is 1.27 bits per heavy atom. The average molecular weight is 242 g/mol. The summed E-state index contributed by atoms with van der Waals surface area (Å²) >= 11 is 8.64. The molecule has 11 heavy (non-hydrogen) atoms. The predicted molar refractivity (Wildman–Crippen MR) is 49.5 cm³/mol. The monoisotopic (exact) mass is 240 g/mol. The molecule has 60 valence electrons. The van der Waals surface area contributed by atoms with E-state index in [1.54, 1.807) is 0 Å². The maximum Gasteiger partial charge on any atom is 0.217 e. The van der Waals surface area contributed by atoms with Crippen molar-refractivity contribution in [1.82, 2.24) is 0 Å². The van der Waals surface area contributed by atoms with Gasteiger partial charge in [-0.3, -0.25) is 0 Å². The van der Waals surface area contributed by atoms with Gasteiger partial charge in [0.25, 0.3) is 0 Å². The van der Waals surface area contributed by atoms with Gasteiger partial charge in [0.05, 0.1) is 0 Å². The zero-order valence-electron chi connectivity index (χ0n) is 6.58. The second kappa shape index (κ2) is 6.39. The smallest absolute Gasteiger partial charge is 0.217 e. The first-order valence-electron chi connectivity index (χ1n) is 3.68. The van der Waals surface area contributed by atoms with Gasteiger partial charge in [-0.2, -0.15) is 0 Å². The van der Waals surface area contributed by atoms with E-state index in [4.69, 9.17) is 17.0 Å². The van der Waals surface area contributed by atoms with Crippen LogP contribution in [0.2, 0.25) is 0 Å². The first kappa shape index (κ1) is 11.9. The van der Waals surface area contributed by atoms with Crippen LogP contribution in [0.1, 0.15) is 32.1 Å². The molecule has 1 aliphatic rings. The SMILES string of the molecule is S=C(S)OC1CCCCC1.[Zn]. The van der Waals surface area contributed by atoms with Crippen LogP contribution in [0.4, 0.5) is 0 Å². The van der Waals surface area contributed by atoms with Crippen molar-refractivity contribution in [2.24, 2.45) is 0 Å². The second-order valence-corrected chi connectivity index (χ2v) is 3.72. The van der Waals surface area contributed by atoms with Crippen LogP contribution in [0, 0.1) is 0 Å². The summed E-state index contributed by atoms with van der Waals surface area (Å²) in [5.41, 5.74) is 0. The molecule has 0 N–H and O–H groups in total. The van der Waals surface area contributed by atoms with Crippen molar-refractivity contribution < 1.29 is 24.2 Å². The Morgan fingerprint density at radius 3 is 2.27 bits per heavy atom. The van der Waals surface area contributed by atoms with Gasteiger partial charge in [0, 0.05) is 19.5 Å². The van der Waals surface area contributed by atoms with E-state index in [9.17, 15) is 0 Å². The van der Waals surface area contributed by atoms with Gasteiger partial charge >= 0.3 is 0 Å². The van der Waals surface area contributed by atoms with Crippen molar-refractivity contribution in [3.8, 4) is 0 Å². The molecular formula is C7H12OS2Zn. The van der Waals surface area contributed by atoms with Gasteiger partial charge in [0.1, 0.15) is 6.10 Å². The Kier molecular flexibility index (Phi) is 6.89. The molecule has 0 aromatic heterocycles. The largest absolute Gasteiger partial charge is 0.475 e. The van der Waals surface area contributed by atoms with Gasteiger partial charge in [-0.15, -0.1) is 0 Å². The summed E-state index contributed by atoms with van der Waals surface area (Å²) in [6, 6.07) is 0. The molecule has 1 saturated carbocycles. The molecule has 0 spiro atoms. The summed E-state index contributed by atoms with van der Waals surface area (Å²) in [5.74, 6) is 0. The van der Waals surface area contributed by atoms with E-state index in [-0.39, 0.29) is 19.5 Å². The Morgan fingerprint density at radius 2 is 1.82 bits per heavy atom. The maximum atomic E-state index is 5.29. The molecule has 0 saturated heterocycles. The van der Waals surface area contributed by atoms with E-state index in [2.05, 4.69) is 12.6 Å². The minimum absolute atomic E-state index is 0. The van der Waals surface area contributed by atoms with Gasteiger partial charge in [-0.25, -0.2) is 0 Å². The van der Waals surface area contributed by atoms with Crippen molar-refractivity contribution in [3.63, 3.8) is 0 Å². The molecule has 0 atom stereocenters. The van der Waals surface area contributed by atoms with Gasteiger partial charge in [-0.1, -0.05) is 19.0 Å². The Labute approximate surface area is 91.4 Å². The van der Waals surface area contributed by atoms with Crippen LogP contribution >= 0.6 is 24.8 Å². The van der Waals surface area contributed by atoms with Crippen molar-refractivity contribution in [2.75, 3.05) is 0 Å². The Hall–Kier alpha value is 0.863. The fourth-order valence-corrected chi connectivity index (χ4v) is 1.61. The summed E-state index contributed by atoms with van der Waals surface area (Å²) in [5, 5.41) is 0. The molecule has 1 nitrogen and oxygen atoms in total. The molecule has 1 rings (SSSR count). The van der Waals surface area contributed by atoms with E-state index in [0.29, 0.717) is 10.5 Å². The summed E-state index contributed by atoms with van der Waals surface area (Å²) in [4.78, 5) is 0. The number of hydrogen-bond donors (Lipinski definition) is 1. The number of thiocarbonyl (C=S) groups is 1. The third kappa shape index (κ3) is 5.16. The predicted octanol–water partition coefficient (Wildman–Crippen LogP) is 2.55. The molecule has 0 aliphatic heterocycles. The van der Waals surface area contributed by atoms with E-state index >= 15 is 0 Å². The fraction of sp³-hybridized carbons (Fsp3) is 0.857. The minimum Gasteiger partial charge on any atom is -0.475 e. The second-order valence-electron chi connectivity index (χ2n) is 2.64. The standard InChI is InChI=1S/C7H12OS2.Zn/c9-7(10)8-6-4-2-1-3-5-6;/h6H,1-5H2,(H,9,10);. The van der Waals surface area contributed by atoms with Crippen LogP contribution in [-0.4, -0.2) is 10.5 Å².